The number of carboxylic acids is 1. The van der Waals surface area contributed by atoms with Crippen LogP contribution in [0.1, 0.15) is 25.0 Å². The molecule has 2 aromatic rings. The lowest BCUT2D eigenvalue weighted by atomic mass is 9.69. The Bertz CT molecular complexity index is 757. The molecule has 0 bridgehead atoms. The minimum absolute atomic E-state index is 0.00992. The molecule has 0 radical (unpaired) electrons. The quantitative estimate of drug-likeness (QED) is 0.898. The van der Waals surface area contributed by atoms with Gasteiger partial charge in [-0.05, 0) is 44.0 Å². The molecule has 0 amide bonds. The maximum atomic E-state index is 12.4. The van der Waals surface area contributed by atoms with E-state index in [1.807, 2.05) is 23.1 Å². The molecule has 7 nitrogen and oxygen atoms in total. The lowest BCUT2D eigenvalue weighted by molar-refractivity contribution is -0.158. The molecule has 2 aliphatic rings. The highest BCUT2D eigenvalue weighted by molar-refractivity contribution is 5.77. The number of hydrogen-bond acceptors (Lipinski definition) is 6. The molecule has 0 aromatic carbocycles. The van der Waals surface area contributed by atoms with Crippen LogP contribution >= 0.6 is 0 Å². The minimum atomic E-state index is -0.787. The van der Waals surface area contributed by atoms with E-state index in [1.165, 1.54) is 0 Å². The molecule has 2 fully saturated rings. The first-order chi connectivity index (χ1) is 12.7. The Hall–Kier alpha value is -2.54. The van der Waals surface area contributed by atoms with Gasteiger partial charge in [0.15, 0.2) is 0 Å². The number of carbonyl (C=O) groups is 1. The molecule has 136 valence electrons. The topological polar surface area (TPSA) is 82.5 Å². The molecule has 0 aliphatic carbocycles. The molecule has 2 atom stereocenters. The fourth-order valence-corrected chi connectivity index (χ4v) is 4.44. The third-order valence-corrected chi connectivity index (χ3v) is 5.64. The highest BCUT2D eigenvalue weighted by atomic mass is 16.4. The summed E-state index contributed by atoms with van der Waals surface area (Å²) in [6.45, 7) is 2.83. The van der Waals surface area contributed by atoms with Crippen LogP contribution in [0, 0.1) is 5.41 Å². The average Bonchev–Trinajstić information content (AvgIpc) is 2.69. The summed E-state index contributed by atoms with van der Waals surface area (Å²) in [6, 6.07) is 7.67. The van der Waals surface area contributed by atoms with Gasteiger partial charge in [-0.3, -0.25) is 14.7 Å². The summed E-state index contributed by atoms with van der Waals surface area (Å²) in [4.78, 5) is 29.8. The number of hydrogen-bond donors (Lipinski definition) is 1. The summed E-state index contributed by atoms with van der Waals surface area (Å²) in [5.41, 5.74) is 0.201. The Morgan fingerprint density at radius 3 is 2.69 bits per heavy atom. The van der Waals surface area contributed by atoms with Crippen molar-refractivity contribution < 1.29 is 9.90 Å². The predicted octanol–water partition coefficient (Wildman–Crippen LogP) is 1.82. The lowest BCUT2D eigenvalue weighted by Crippen LogP contribution is -2.64. The molecule has 1 N–H and O–H groups in total. The third-order valence-electron chi connectivity index (χ3n) is 5.64. The smallest absolute Gasteiger partial charge is 0.313 e. The number of aromatic nitrogens is 3. The SMILES string of the molecule is O=C(O)[C@]12CCCN(Cc3ccccn3)[C@@H]1CCN(c1ncccn1)C2. The Morgan fingerprint density at radius 2 is 1.96 bits per heavy atom. The molecular formula is C19H23N5O2. The van der Waals surface area contributed by atoms with Crippen LogP contribution in [0.5, 0.6) is 0 Å². The number of likely N-dealkylation sites (tertiary alicyclic amines) is 1. The Balaban J connectivity index is 1.60. The van der Waals surface area contributed by atoms with Crippen molar-refractivity contribution in [1.29, 1.82) is 0 Å². The fraction of sp³-hybridized carbons (Fsp3) is 0.474. The predicted molar refractivity (Wildman–Crippen MR) is 96.6 cm³/mol. The number of carboxylic acid groups (broad SMARTS) is 1. The van der Waals surface area contributed by atoms with Gasteiger partial charge in [0.1, 0.15) is 5.41 Å². The van der Waals surface area contributed by atoms with E-state index in [2.05, 4.69) is 19.9 Å². The van der Waals surface area contributed by atoms with E-state index in [9.17, 15) is 9.90 Å². The Morgan fingerprint density at radius 1 is 1.15 bits per heavy atom. The summed E-state index contributed by atoms with van der Waals surface area (Å²) < 4.78 is 0. The van der Waals surface area contributed by atoms with Gasteiger partial charge in [0.2, 0.25) is 5.95 Å². The number of fused-ring (bicyclic) bond motifs is 1. The van der Waals surface area contributed by atoms with Crippen molar-refractivity contribution in [2.24, 2.45) is 5.41 Å². The van der Waals surface area contributed by atoms with Gasteiger partial charge in [-0.25, -0.2) is 9.97 Å². The Labute approximate surface area is 152 Å². The highest BCUT2D eigenvalue weighted by Crippen LogP contribution is 2.42. The van der Waals surface area contributed by atoms with E-state index >= 15 is 0 Å². The molecule has 4 rings (SSSR count). The van der Waals surface area contributed by atoms with Crippen molar-refractivity contribution in [3.05, 3.63) is 48.5 Å². The molecular weight excluding hydrogens is 330 g/mol. The summed E-state index contributed by atoms with van der Waals surface area (Å²) >= 11 is 0. The lowest BCUT2D eigenvalue weighted by Gasteiger charge is -2.52. The Kier molecular flexibility index (Phi) is 4.55. The maximum absolute atomic E-state index is 12.4. The zero-order chi connectivity index (χ0) is 18.0. The van der Waals surface area contributed by atoms with Gasteiger partial charge in [0, 0.05) is 44.3 Å². The molecule has 0 unspecified atom stereocenters. The molecule has 2 saturated heterocycles. The molecule has 7 heteroatoms. The average molecular weight is 353 g/mol. The number of aliphatic carboxylic acids is 1. The van der Waals surface area contributed by atoms with Crippen LogP contribution < -0.4 is 4.90 Å². The number of piperidine rings is 2. The summed E-state index contributed by atoms with van der Waals surface area (Å²) in [5, 5.41) is 10.2. The van der Waals surface area contributed by atoms with Gasteiger partial charge in [-0.1, -0.05) is 6.07 Å². The van der Waals surface area contributed by atoms with Gasteiger partial charge >= 0.3 is 5.97 Å². The van der Waals surface area contributed by atoms with Gasteiger partial charge in [0.05, 0.1) is 5.69 Å². The first-order valence-corrected chi connectivity index (χ1v) is 9.08. The molecule has 0 saturated carbocycles. The van der Waals surface area contributed by atoms with Crippen molar-refractivity contribution in [3.63, 3.8) is 0 Å². The highest BCUT2D eigenvalue weighted by Gasteiger charge is 2.53. The van der Waals surface area contributed by atoms with Crippen molar-refractivity contribution in [1.82, 2.24) is 19.9 Å². The summed E-state index contributed by atoms with van der Waals surface area (Å²) in [6.07, 6.45) is 7.55. The van der Waals surface area contributed by atoms with E-state index in [4.69, 9.17) is 0 Å². The van der Waals surface area contributed by atoms with E-state index in [1.54, 1.807) is 24.7 Å². The van der Waals surface area contributed by atoms with Crippen LogP contribution in [-0.2, 0) is 11.3 Å². The van der Waals surface area contributed by atoms with Crippen LogP contribution in [0.25, 0.3) is 0 Å². The van der Waals surface area contributed by atoms with Crippen LogP contribution in [0.2, 0.25) is 0 Å². The third kappa shape index (κ3) is 3.03. The molecule has 26 heavy (non-hydrogen) atoms. The number of pyridine rings is 1. The fourth-order valence-electron chi connectivity index (χ4n) is 4.44. The van der Waals surface area contributed by atoms with Crippen molar-refractivity contribution >= 4 is 11.9 Å². The van der Waals surface area contributed by atoms with E-state index < -0.39 is 11.4 Å². The maximum Gasteiger partial charge on any atom is 0.313 e. The van der Waals surface area contributed by atoms with E-state index in [-0.39, 0.29) is 6.04 Å². The zero-order valence-corrected chi connectivity index (χ0v) is 14.7. The number of anilines is 1. The minimum Gasteiger partial charge on any atom is -0.481 e. The number of rotatable bonds is 4. The van der Waals surface area contributed by atoms with Crippen molar-refractivity contribution in [2.45, 2.75) is 31.8 Å². The molecule has 4 heterocycles. The van der Waals surface area contributed by atoms with Crippen molar-refractivity contribution in [2.75, 3.05) is 24.5 Å². The first kappa shape index (κ1) is 16.9. The van der Waals surface area contributed by atoms with E-state index in [0.29, 0.717) is 25.5 Å². The second-order valence-electron chi connectivity index (χ2n) is 7.13. The molecule has 2 aliphatic heterocycles. The monoisotopic (exact) mass is 353 g/mol. The van der Waals surface area contributed by atoms with E-state index in [0.717, 1.165) is 31.6 Å². The van der Waals surface area contributed by atoms with Gasteiger partial charge < -0.3 is 10.0 Å². The van der Waals surface area contributed by atoms with Crippen LogP contribution in [0.3, 0.4) is 0 Å². The number of nitrogens with zero attached hydrogens (tertiary/aromatic N) is 5. The van der Waals surface area contributed by atoms with Crippen LogP contribution in [0.15, 0.2) is 42.9 Å². The second-order valence-corrected chi connectivity index (χ2v) is 7.13. The largest absolute Gasteiger partial charge is 0.481 e. The molecule has 2 aromatic heterocycles. The summed E-state index contributed by atoms with van der Waals surface area (Å²) in [7, 11) is 0. The first-order valence-electron chi connectivity index (χ1n) is 9.08. The second kappa shape index (κ2) is 6.99. The van der Waals surface area contributed by atoms with Crippen molar-refractivity contribution in [3.8, 4) is 0 Å². The zero-order valence-electron chi connectivity index (χ0n) is 14.7. The molecule has 0 spiro atoms. The van der Waals surface area contributed by atoms with Crippen LogP contribution in [-0.4, -0.2) is 56.6 Å². The normalized spacial score (nSPS) is 26.3. The van der Waals surface area contributed by atoms with Gasteiger partial charge in [-0.15, -0.1) is 0 Å². The standard InChI is InChI=1S/C19H23N5O2/c25-17(26)19-7-3-11-23(13-15-5-1-2-8-20-15)16(19)6-12-24(14-19)18-21-9-4-10-22-18/h1-2,4-5,8-10,16H,3,6-7,11-14H2,(H,25,26)/t16-,19+/m1/s1. The van der Waals surface area contributed by atoms with Gasteiger partial charge in [-0.2, -0.15) is 0 Å². The van der Waals surface area contributed by atoms with Gasteiger partial charge in [0.25, 0.3) is 0 Å². The van der Waals surface area contributed by atoms with Crippen LogP contribution in [0.4, 0.5) is 5.95 Å². The summed E-state index contributed by atoms with van der Waals surface area (Å²) in [5.74, 6) is -0.0951.